The smallest absolute Gasteiger partial charge is 0.195 e. The van der Waals surface area contributed by atoms with Crippen molar-refractivity contribution in [3.8, 4) is 5.75 Å². The molecule has 7 heteroatoms. The van der Waals surface area contributed by atoms with Gasteiger partial charge in [-0.2, -0.15) is 5.10 Å². The van der Waals surface area contributed by atoms with E-state index in [4.69, 9.17) is 33.3 Å². The highest BCUT2D eigenvalue weighted by molar-refractivity contribution is 7.71. The summed E-state index contributed by atoms with van der Waals surface area (Å²) in [6.45, 7) is 1.52. The quantitative estimate of drug-likeness (QED) is 0.833. The lowest BCUT2D eigenvalue weighted by molar-refractivity contribution is 0.183. The van der Waals surface area contributed by atoms with Crippen molar-refractivity contribution in [2.75, 3.05) is 13.7 Å². The van der Waals surface area contributed by atoms with Crippen LogP contribution in [0.25, 0.3) is 0 Å². The van der Waals surface area contributed by atoms with E-state index in [-0.39, 0.29) is 0 Å². The minimum absolute atomic E-state index is 0.317. The molecule has 0 fully saturated rings. The number of methoxy groups -OCH3 is 1. The first-order valence-corrected chi connectivity index (χ1v) is 6.50. The van der Waals surface area contributed by atoms with Gasteiger partial charge in [-0.1, -0.05) is 17.7 Å². The maximum atomic E-state index is 5.89. The molecule has 2 rings (SSSR count). The number of hydrogen-bond acceptors (Lipinski definition) is 4. The molecule has 0 spiro atoms. The fraction of sp³-hybridized carbons (Fsp3) is 0.333. The molecule has 0 unspecified atom stereocenters. The van der Waals surface area contributed by atoms with Crippen LogP contribution in [0.3, 0.4) is 0 Å². The van der Waals surface area contributed by atoms with Gasteiger partial charge in [-0.15, -0.1) is 0 Å². The number of ether oxygens (including phenoxy) is 2. The molecule has 102 valence electrons. The highest BCUT2D eigenvalue weighted by Gasteiger charge is 2.07. The Morgan fingerprint density at radius 2 is 2.32 bits per heavy atom. The summed E-state index contributed by atoms with van der Waals surface area (Å²) in [5.41, 5.74) is 0. The lowest BCUT2D eigenvalue weighted by atomic mass is 10.3. The van der Waals surface area contributed by atoms with Gasteiger partial charge >= 0.3 is 0 Å². The Morgan fingerprint density at radius 1 is 1.47 bits per heavy atom. The number of nitrogens with one attached hydrogen (secondary N) is 1. The van der Waals surface area contributed by atoms with Gasteiger partial charge in [-0.05, 0) is 30.4 Å². The summed E-state index contributed by atoms with van der Waals surface area (Å²) in [6, 6.07) is 7.22. The third kappa shape index (κ3) is 3.79. The average Bonchev–Trinajstić information content (AvgIpc) is 2.75. The van der Waals surface area contributed by atoms with Crippen LogP contribution in [0.1, 0.15) is 5.82 Å². The lowest BCUT2D eigenvalue weighted by Crippen LogP contribution is -2.10. The van der Waals surface area contributed by atoms with Gasteiger partial charge in [0.1, 0.15) is 12.4 Å². The minimum Gasteiger partial charge on any atom is -0.486 e. The first kappa shape index (κ1) is 14.0. The summed E-state index contributed by atoms with van der Waals surface area (Å²) in [5, 5.41) is 7.52. The molecule has 1 aromatic heterocycles. The largest absolute Gasteiger partial charge is 0.486 e. The van der Waals surface area contributed by atoms with Crippen LogP contribution in [0.2, 0.25) is 5.02 Å². The second-order valence-corrected chi connectivity index (χ2v) is 4.66. The van der Waals surface area contributed by atoms with E-state index in [1.807, 2.05) is 16.7 Å². The topological polar surface area (TPSA) is 52.1 Å². The van der Waals surface area contributed by atoms with Crippen molar-refractivity contribution in [2.24, 2.45) is 0 Å². The van der Waals surface area contributed by atoms with Gasteiger partial charge < -0.3 is 9.47 Å². The molecule has 0 aliphatic carbocycles. The maximum absolute atomic E-state index is 5.89. The van der Waals surface area contributed by atoms with Crippen molar-refractivity contribution in [1.29, 1.82) is 0 Å². The Labute approximate surface area is 121 Å². The molecule has 0 aliphatic rings. The number of nitrogens with zero attached hydrogens (tertiary/aromatic N) is 2. The molecule has 2 aromatic rings. The van der Waals surface area contributed by atoms with Crippen LogP contribution in [0.5, 0.6) is 5.75 Å². The van der Waals surface area contributed by atoms with E-state index < -0.39 is 0 Å². The first-order valence-electron chi connectivity index (χ1n) is 5.72. The number of aromatic nitrogens is 3. The molecule has 0 atom stereocenters. The van der Waals surface area contributed by atoms with Gasteiger partial charge in [0.05, 0.1) is 13.2 Å². The first-order chi connectivity index (χ1) is 9.20. The van der Waals surface area contributed by atoms with Crippen molar-refractivity contribution >= 4 is 23.8 Å². The second kappa shape index (κ2) is 6.70. The fourth-order valence-corrected chi connectivity index (χ4v) is 2.00. The van der Waals surface area contributed by atoms with Gasteiger partial charge in [0, 0.05) is 12.1 Å². The Balaban J connectivity index is 2.05. The lowest BCUT2D eigenvalue weighted by Gasteiger charge is -2.08. The average molecular weight is 300 g/mol. The third-order valence-electron chi connectivity index (χ3n) is 2.52. The van der Waals surface area contributed by atoms with E-state index in [9.17, 15) is 0 Å². The van der Waals surface area contributed by atoms with E-state index in [2.05, 4.69) is 10.2 Å². The molecule has 19 heavy (non-hydrogen) atoms. The molecule has 1 heterocycles. The number of rotatable bonds is 6. The predicted molar refractivity (Wildman–Crippen MR) is 75.1 cm³/mol. The molecule has 0 amide bonds. The van der Waals surface area contributed by atoms with Gasteiger partial charge in [0.15, 0.2) is 10.6 Å². The molecule has 0 saturated heterocycles. The van der Waals surface area contributed by atoms with E-state index in [1.165, 1.54) is 0 Å². The molecule has 0 aliphatic heterocycles. The minimum atomic E-state index is 0.317. The summed E-state index contributed by atoms with van der Waals surface area (Å²) >= 11 is 11.0. The summed E-state index contributed by atoms with van der Waals surface area (Å²) in [6.07, 6.45) is 0. The maximum Gasteiger partial charge on any atom is 0.195 e. The highest BCUT2D eigenvalue weighted by atomic mass is 35.5. The van der Waals surface area contributed by atoms with Crippen molar-refractivity contribution in [2.45, 2.75) is 13.2 Å². The Morgan fingerprint density at radius 3 is 3.05 bits per heavy atom. The van der Waals surface area contributed by atoms with Crippen LogP contribution >= 0.6 is 23.8 Å². The van der Waals surface area contributed by atoms with E-state index >= 15 is 0 Å². The number of aromatic amines is 1. The number of benzene rings is 1. The Kier molecular flexibility index (Phi) is 4.95. The second-order valence-electron chi connectivity index (χ2n) is 3.84. The van der Waals surface area contributed by atoms with Gasteiger partial charge in [-0.25, -0.2) is 0 Å². The number of halogens is 1. The molecular formula is C12H14ClN3O2S. The van der Waals surface area contributed by atoms with E-state index in [0.29, 0.717) is 35.3 Å². The molecule has 0 radical (unpaired) electrons. The fourth-order valence-electron chi connectivity index (χ4n) is 1.58. The highest BCUT2D eigenvalue weighted by Crippen LogP contribution is 2.18. The van der Waals surface area contributed by atoms with Crippen LogP contribution in [-0.4, -0.2) is 28.5 Å². The zero-order valence-corrected chi connectivity index (χ0v) is 12.0. The Hall–Kier alpha value is -1.37. The molecule has 1 aromatic carbocycles. The summed E-state index contributed by atoms with van der Waals surface area (Å²) in [5.74, 6) is 1.42. The van der Waals surface area contributed by atoms with Crippen LogP contribution < -0.4 is 4.74 Å². The molecule has 0 bridgehead atoms. The van der Waals surface area contributed by atoms with Crippen LogP contribution in [0, 0.1) is 4.77 Å². The van der Waals surface area contributed by atoms with Gasteiger partial charge in [-0.3, -0.25) is 9.67 Å². The summed E-state index contributed by atoms with van der Waals surface area (Å²) in [7, 11) is 1.64. The van der Waals surface area contributed by atoms with Crippen molar-refractivity contribution in [3.63, 3.8) is 0 Å². The SMILES string of the molecule is COCCn1c(COc2cccc(Cl)c2)n[nH]c1=S. The Bertz CT molecular complexity index is 597. The van der Waals surface area contributed by atoms with Gasteiger partial charge in [0.2, 0.25) is 0 Å². The van der Waals surface area contributed by atoms with Crippen LogP contribution in [0.4, 0.5) is 0 Å². The van der Waals surface area contributed by atoms with E-state index in [0.717, 1.165) is 5.82 Å². The zero-order chi connectivity index (χ0) is 13.7. The monoisotopic (exact) mass is 299 g/mol. The number of hydrogen-bond donors (Lipinski definition) is 1. The normalized spacial score (nSPS) is 10.6. The van der Waals surface area contributed by atoms with Crippen LogP contribution in [-0.2, 0) is 17.9 Å². The number of H-pyrrole nitrogens is 1. The van der Waals surface area contributed by atoms with Crippen molar-refractivity contribution < 1.29 is 9.47 Å². The van der Waals surface area contributed by atoms with Crippen molar-refractivity contribution in [1.82, 2.24) is 14.8 Å². The standard InChI is InChI=1S/C12H14ClN3O2S/c1-17-6-5-16-11(14-15-12(16)19)8-18-10-4-2-3-9(13)7-10/h2-4,7H,5-6,8H2,1H3,(H,15,19). The van der Waals surface area contributed by atoms with Crippen molar-refractivity contribution in [3.05, 3.63) is 39.9 Å². The zero-order valence-electron chi connectivity index (χ0n) is 10.4. The summed E-state index contributed by atoms with van der Waals surface area (Å²) in [4.78, 5) is 0. The predicted octanol–water partition coefficient (Wildman–Crippen LogP) is 2.82. The van der Waals surface area contributed by atoms with Gasteiger partial charge in [0.25, 0.3) is 0 Å². The molecule has 0 saturated carbocycles. The molecule has 5 nitrogen and oxygen atoms in total. The van der Waals surface area contributed by atoms with E-state index in [1.54, 1.807) is 19.2 Å². The molecular weight excluding hydrogens is 286 g/mol. The molecule has 1 N–H and O–H groups in total. The van der Waals surface area contributed by atoms with Crippen LogP contribution in [0.15, 0.2) is 24.3 Å². The summed E-state index contributed by atoms with van der Waals surface area (Å²) < 4.78 is 13.1. The third-order valence-corrected chi connectivity index (χ3v) is 3.07.